The van der Waals surface area contributed by atoms with Crippen LogP contribution in [0.15, 0.2) is 46.9 Å². The molecule has 33 heavy (non-hydrogen) atoms. The van der Waals surface area contributed by atoms with Gasteiger partial charge in [-0.3, -0.25) is 13.9 Å². The number of anilines is 1. The number of halogens is 3. The van der Waals surface area contributed by atoms with Crippen molar-refractivity contribution in [3.8, 4) is 0 Å². The lowest BCUT2D eigenvalue weighted by molar-refractivity contribution is -0.139. The van der Waals surface area contributed by atoms with E-state index in [0.717, 1.165) is 20.6 Å². The van der Waals surface area contributed by atoms with Crippen molar-refractivity contribution in [2.24, 2.45) is 0 Å². The van der Waals surface area contributed by atoms with Crippen molar-refractivity contribution in [2.75, 3.05) is 17.1 Å². The number of sulfonamides is 1. The predicted octanol–water partition coefficient (Wildman–Crippen LogP) is 4.46. The smallest absolute Gasteiger partial charge is 0.244 e. The molecule has 0 aliphatic heterocycles. The Bertz CT molecular complexity index is 1130. The summed E-state index contributed by atoms with van der Waals surface area (Å²) in [6, 6.07) is 10.7. The molecule has 7 nitrogen and oxygen atoms in total. The topological polar surface area (TPSA) is 86.8 Å². The third-order valence-corrected chi connectivity index (χ3v) is 6.87. The first-order valence-electron chi connectivity index (χ1n) is 10.1. The van der Waals surface area contributed by atoms with Gasteiger partial charge < -0.3 is 10.2 Å². The SMILES string of the molecule is CC(C)NC(=O)C(C)N(Cc1cccc(Br)c1)C(=O)CN(c1cc(Cl)ccc1Cl)S(C)(=O)=O. The zero-order valence-corrected chi connectivity index (χ0v) is 22.6. The van der Waals surface area contributed by atoms with E-state index >= 15 is 0 Å². The van der Waals surface area contributed by atoms with Crippen molar-refractivity contribution in [3.05, 3.63) is 62.5 Å². The number of amides is 2. The van der Waals surface area contributed by atoms with Gasteiger partial charge in [0.1, 0.15) is 12.6 Å². The number of rotatable bonds is 9. The first kappa shape index (κ1) is 27.4. The summed E-state index contributed by atoms with van der Waals surface area (Å²) in [5, 5.41) is 3.19. The molecule has 0 aromatic heterocycles. The predicted molar refractivity (Wildman–Crippen MR) is 136 cm³/mol. The van der Waals surface area contributed by atoms with E-state index in [1.165, 1.54) is 23.1 Å². The van der Waals surface area contributed by atoms with E-state index < -0.39 is 28.5 Å². The highest BCUT2D eigenvalue weighted by Gasteiger charge is 2.31. The Kier molecular flexibility index (Phi) is 9.60. The van der Waals surface area contributed by atoms with Crippen LogP contribution in [-0.4, -0.2) is 50.0 Å². The summed E-state index contributed by atoms with van der Waals surface area (Å²) in [6.07, 6.45) is 0.977. The van der Waals surface area contributed by atoms with Crippen LogP contribution >= 0.6 is 39.1 Å². The minimum atomic E-state index is -3.90. The minimum Gasteiger partial charge on any atom is -0.352 e. The molecule has 2 amide bonds. The van der Waals surface area contributed by atoms with Crippen molar-refractivity contribution in [1.82, 2.24) is 10.2 Å². The van der Waals surface area contributed by atoms with Gasteiger partial charge in [-0.1, -0.05) is 51.3 Å². The molecule has 2 aromatic rings. The summed E-state index contributed by atoms with van der Waals surface area (Å²) in [5.74, 6) is -0.914. The maximum atomic E-state index is 13.4. The highest BCUT2D eigenvalue weighted by molar-refractivity contribution is 9.10. The number of nitrogens with zero attached hydrogens (tertiary/aromatic N) is 2. The molecule has 0 radical (unpaired) electrons. The lowest BCUT2D eigenvalue weighted by Gasteiger charge is -2.32. The number of nitrogens with one attached hydrogen (secondary N) is 1. The van der Waals surface area contributed by atoms with Crippen LogP contribution in [0, 0.1) is 0 Å². The van der Waals surface area contributed by atoms with Crippen LogP contribution in [0.5, 0.6) is 0 Å². The fourth-order valence-electron chi connectivity index (χ4n) is 3.09. The lowest BCUT2D eigenvalue weighted by atomic mass is 10.1. The van der Waals surface area contributed by atoms with E-state index in [1.54, 1.807) is 6.92 Å². The number of carbonyl (C=O) groups excluding carboxylic acids is 2. The molecule has 0 aliphatic carbocycles. The minimum absolute atomic E-state index is 0.0849. The molecule has 11 heteroatoms. The molecule has 0 heterocycles. The monoisotopic (exact) mass is 577 g/mol. The Morgan fingerprint density at radius 2 is 1.76 bits per heavy atom. The first-order chi connectivity index (χ1) is 15.3. The van der Waals surface area contributed by atoms with Gasteiger partial charge in [0.2, 0.25) is 21.8 Å². The van der Waals surface area contributed by atoms with E-state index in [0.29, 0.717) is 0 Å². The molecule has 0 fully saturated rings. The molecule has 0 saturated carbocycles. The molecule has 0 spiro atoms. The van der Waals surface area contributed by atoms with Gasteiger partial charge in [-0.25, -0.2) is 8.42 Å². The Labute approximate surface area is 213 Å². The van der Waals surface area contributed by atoms with Gasteiger partial charge in [-0.2, -0.15) is 0 Å². The van der Waals surface area contributed by atoms with Gasteiger partial charge in [0.05, 0.1) is 17.0 Å². The van der Waals surface area contributed by atoms with Crippen LogP contribution in [0.1, 0.15) is 26.3 Å². The first-order valence-corrected chi connectivity index (χ1v) is 13.5. The van der Waals surface area contributed by atoms with Crippen LogP contribution in [0.25, 0.3) is 0 Å². The molecular weight excluding hydrogens is 553 g/mol. The van der Waals surface area contributed by atoms with Gasteiger partial charge in [0, 0.05) is 22.1 Å². The molecule has 0 aliphatic rings. The van der Waals surface area contributed by atoms with E-state index in [1.807, 2.05) is 38.1 Å². The van der Waals surface area contributed by atoms with Gasteiger partial charge in [-0.15, -0.1) is 0 Å². The number of benzene rings is 2. The van der Waals surface area contributed by atoms with Crippen LogP contribution in [0.3, 0.4) is 0 Å². The molecule has 0 saturated heterocycles. The van der Waals surface area contributed by atoms with Gasteiger partial charge >= 0.3 is 0 Å². The van der Waals surface area contributed by atoms with Crippen LogP contribution < -0.4 is 9.62 Å². The Morgan fingerprint density at radius 1 is 1.09 bits per heavy atom. The second-order valence-electron chi connectivity index (χ2n) is 7.86. The largest absolute Gasteiger partial charge is 0.352 e. The summed E-state index contributed by atoms with van der Waals surface area (Å²) >= 11 is 15.7. The van der Waals surface area contributed by atoms with E-state index in [-0.39, 0.29) is 34.2 Å². The Hall–Kier alpha value is -1.81. The average Bonchev–Trinajstić information content (AvgIpc) is 2.70. The normalized spacial score (nSPS) is 12.4. The van der Waals surface area contributed by atoms with Gasteiger partial charge in [0.25, 0.3) is 0 Å². The molecule has 2 aromatic carbocycles. The van der Waals surface area contributed by atoms with E-state index in [2.05, 4.69) is 21.2 Å². The molecule has 180 valence electrons. The molecule has 1 unspecified atom stereocenters. The highest BCUT2D eigenvalue weighted by atomic mass is 79.9. The average molecular weight is 579 g/mol. The number of hydrogen-bond donors (Lipinski definition) is 1. The molecule has 1 atom stereocenters. The quantitative estimate of drug-likeness (QED) is 0.476. The van der Waals surface area contributed by atoms with Crippen molar-refractivity contribution in [1.29, 1.82) is 0 Å². The third kappa shape index (κ3) is 7.88. The summed E-state index contributed by atoms with van der Waals surface area (Å²) in [7, 11) is -3.90. The van der Waals surface area contributed by atoms with E-state index in [9.17, 15) is 18.0 Å². The summed E-state index contributed by atoms with van der Waals surface area (Å²) < 4.78 is 26.9. The molecule has 1 N–H and O–H groups in total. The van der Waals surface area contributed by atoms with Gasteiger partial charge in [-0.05, 0) is 56.7 Å². The number of hydrogen-bond acceptors (Lipinski definition) is 4. The number of carbonyl (C=O) groups is 2. The fourth-order valence-corrected chi connectivity index (χ4v) is 4.83. The van der Waals surface area contributed by atoms with Crippen molar-refractivity contribution in [3.63, 3.8) is 0 Å². The third-order valence-electron chi connectivity index (χ3n) is 4.70. The molecule has 2 rings (SSSR count). The van der Waals surface area contributed by atoms with Crippen molar-refractivity contribution >= 4 is 66.7 Å². The van der Waals surface area contributed by atoms with Crippen LogP contribution in [0.2, 0.25) is 10.0 Å². The fraction of sp³-hybridized carbons (Fsp3) is 0.364. The zero-order valence-electron chi connectivity index (χ0n) is 18.7. The van der Waals surface area contributed by atoms with Crippen molar-refractivity contribution in [2.45, 2.75) is 39.4 Å². The summed E-state index contributed by atoms with van der Waals surface area (Å²) in [6.45, 7) is 4.79. The van der Waals surface area contributed by atoms with Gasteiger partial charge in [0.15, 0.2) is 0 Å². The second kappa shape index (κ2) is 11.6. The standard InChI is InChI=1S/C22H26BrCl2N3O4S/c1-14(2)26-22(30)15(3)27(12-16-6-5-7-17(23)10-16)21(29)13-28(33(4,31)32)20-11-18(24)8-9-19(20)25/h5-11,14-15H,12-13H2,1-4H3,(H,26,30). The maximum Gasteiger partial charge on any atom is 0.244 e. The molecule has 0 bridgehead atoms. The summed E-state index contributed by atoms with van der Waals surface area (Å²) in [5.41, 5.74) is 0.857. The second-order valence-corrected chi connectivity index (χ2v) is 11.5. The zero-order chi connectivity index (χ0) is 24.9. The van der Waals surface area contributed by atoms with E-state index in [4.69, 9.17) is 23.2 Å². The van der Waals surface area contributed by atoms with Crippen LogP contribution in [-0.2, 0) is 26.2 Å². The molecular formula is C22H26BrCl2N3O4S. The lowest BCUT2D eigenvalue weighted by Crippen LogP contribution is -2.52. The van der Waals surface area contributed by atoms with Crippen molar-refractivity contribution < 1.29 is 18.0 Å². The highest BCUT2D eigenvalue weighted by Crippen LogP contribution is 2.31. The van der Waals surface area contributed by atoms with Crippen LogP contribution in [0.4, 0.5) is 5.69 Å². The Balaban J connectivity index is 2.44. The Morgan fingerprint density at radius 3 is 2.33 bits per heavy atom. The summed E-state index contributed by atoms with van der Waals surface area (Å²) in [4.78, 5) is 27.5. The maximum absolute atomic E-state index is 13.4.